The largest absolute Gasteiger partial charge is 0.364 e. The summed E-state index contributed by atoms with van der Waals surface area (Å²) >= 11 is 3.42. The van der Waals surface area contributed by atoms with Crippen molar-refractivity contribution in [1.82, 2.24) is 14.7 Å². The highest BCUT2D eigenvalue weighted by Crippen LogP contribution is 2.26. The third kappa shape index (κ3) is 3.82. The lowest BCUT2D eigenvalue weighted by molar-refractivity contribution is -0.144. The molecule has 3 rings (SSSR count). The quantitative estimate of drug-likeness (QED) is 0.849. The number of aromatic nitrogens is 2. The Morgan fingerprint density at radius 2 is 2.09 bits per heavy atom. The van der Waals surface area contributed by atoms with Crippen molar-refractivity contribution in [3.8, 4) is 0 Å². The zero-order chi connectivity index (χ0) is 14.8. The fraction of sp³-hybridized carbons (Fsp3) is 0.714. The molecule has 1 aromatic heterocycles. The number of carbonyl (C=O) groups is 1. The Morgan fingerprint density at radius 3 is 2.64 bits per heavy atom. The van der Waals surface area contributed by atoms with Gasteiger partial charge < -0.3 is 15.4 Å². The molecule has 2 atom stereocenters. The number of piperidine rings is 1. The number of carbonyl (C=O) groups excluding carboxylic acids is 1. The lowest BCUT2D eigenvalue weighted by Gasteiger charge is -2.33. The maximum atomic E-state index is 12.4. The summed E-state index contributed by atoms with van der Waals surface area (Å²) in [5.41, 5.74) is 5.60. The Hall–Kier alpha value is -0.630. The van der Waals surface area contributed by atoms with Gasteiger partial charge in [0.1, 0.15) is 6.10 Å². The van der Waals surface area contributed by atoms with Crippen molar-refractivity contribution in [2.45, 2.75) is 43.9 Å². The molecule has 6 nitrogen and oxygen atoms in total. The lowest BCUT2D eigenvalue weighted by atomic mass is 10.0. The van der Waals surface area contributed by atoms with Crippen LogP contribution in [0.5, 0.6) is 0 Å². The lowest BCUT2D eigenvalue weighted by Crippen LogP contribution is -2.44. The van der Waals surface area contributed by atoms with Gasteiger partial charge >= 0.3 is 0 Å². The van der Waals surface area contributed by atoms with Crippen LogP contribution in [0.2, 0.25) is 0 Å². The summed E-state index contributed by atoms with van der Waals surface area (Å²) in [5.74, 6) is 0.131. The SMILES string of the molecule is Cl.NC[C@H]1CC[C@@H](C(=O)N2CCC(n3cc(Br)cn3)CC2)O1. The van der Waals surface area contributed by atoms with Crippen LogP contribution < -0.4 is 5.73 Å². The molecule has 0 saturated carbocycles. The molecule has 0 radical (unpaired) electrons. The van der Waals surface area contributed by atoms with Crippen LogP contribution >= 0.6 is 28.3 Å². The van der Waals surface area contributed by atoms with Gasteiger partial charge in [0.15, 0.2) is 0 Å². The van der Waals surface area contributed by atoms with Crippen LogP contribution in [-0.2, 0) is 9.53 Å². The summed E-state index contributed by atoms with van der Waals surface area (Å²) in [6, 6.07) is 0.377. The van der Waals surface area contributed by atoms with E-state index in [1.807, 2.05) is 15.8 Å². The molecule has 1 amide bonds. The number of hydrogen-bond donors (Lipinski definition) is 1. The van der Waals surface area contributed by atoms with Crippen molar-refractivity contribution < 1.29 is 9.53 Å². The average Bonchev–Trinajstić information content (AvgIpc) is 3.15. The van der Waals surface area contributed by atoms with Crippen molar-refractivity contribution in [3.05, 3.63) is 16.9 Å². The van der Waals surface area contributed by atoms with Gasteiger partial charge in [-0.05, 0) is 41.6 Å². The van der Waals surface area contributed by atoms with E-state index in [1.54, 1.807) is 6.20 Å². The minimum atomic E-state index is -0.283. The highest BCUT2D eigenvalue weighted by Gasteiger charge is 2.34. The molecule has 2 aliphatic rings. The molecule has 124 valence electrons. The summed E-state index contributed by atoms with van der Waals surface area (Å²) < 4.78 is 8.68. The molecule has 2 fully saturated rings. The first-order valence-corrected chi connectivity index (χ1v) is 8.30. The molecule has 0 unspecified atom stereocenters. The molecule has 0 aromatic carbocycles. The zero-order valence-electron chi connectivity index (χ0n) is 12.4. The van der Waals surface area contributed by atoms with Crippen LogP contribution in [0.4, 0.5) is 0 Å². The Balaban J connectivity index is 0.00000176. The molecule has 8 heteroatoms. The zero-order valence-corrected chi connectivity index (χ0v) is 14.8. The summed E-state index contributed by atoms with van der Waals surface area (Å²) in [7, 11) is 0. The number of likely N-dealkylation sites (tertiary alicyclic amines) is 1. The third-order valence-electron chi connectivity index (χ3n) is 4.37. The molecular weight excluding hydrogens is 372 g/mol. The number of rotatable bonds is 3. The van der Waals surface area contributed by atoms with Crippen LogP contribution in [0.25, 0.3) is 0 Å². The predicted octanol–water partition coefficient (Wildman–Crippen LogP) is 1.74. The van der Waals surface area contributed by atoms with E-state index >= 15 is 0 Å². The first-order chi connectivity index (χ1) is 10.2. The van der Waals surface area contributed by atoms with E-state index in [1.165, 1.54) is 0 Å². The Labute approximate surface area is 144 Å². The van der Waals surface area contributed by atoms with Crippen LogP contribution in [0, 0.1) is 0 Å². The molecule has 0 bridgehead atoms. The van der Waals surface area contributed by atoms with Gasteiger partial charge in [-0.2, -0.15) is 5.10 Å². The van der Waals surface area contributed by atoms with Gasteiger partial charge in [0.2, 0.25) is 0 Å². The van der Waals surface area contributed by atoms with E-state index in [-0.39, 0.29) is 30.5 Å². The third-order valence-corrected chi connectivity index (χ3v) is 4.78. The summed E-state index contributed by atoms with van der Waals surface area (Å²) in [5, 5.41) is 4.34. The van der Waals surface area contributed by atoms with Crippen molar-refractivity contribution in [1.29, 1.82) is 0 Å². The summed E-state index contributed by atoms with van der Waals surface area (Å²) in [6.45, 7) is 2.04. The molecule has 0 spiro atoms. The molecule has 0 aliphatic carbocycles. The second-order valence-electron chi connectivity index (χ2n) is 5.75. The fourth-order valence-corrected chi connectivity index (χ4v) is 3.43. The average molecular weight is 394 g/mol. The predicted molar refractivity (Wildman–Crippen MR) is 89.0 cm³/mol. The van der Waals surface area contributed by atoms with Crippen LogP contribution in [-0.4, -0.2) is 52.4 Å². The first-order valence-electron chi connectivity index (χ1n) is 7.51. The number of amides is 1. The van der Waals surface area contributed by atoms with Crippen molar-refractivity contribution >= 4 is 34.2 Å². The van der Waals surface area contributed by atoms with Crippen LogP contribution in [0.15, 0.2) is 16.9 Å². The minimum Gasteiger partial charge on any atom is -0.364 e. The molecule has 2 saturated heterocycles. The summed E-state index contributed by atoms with van der Waals surface area (Å²) in [4.78, 5) is 14.4. The van der Waals surface area contributed by atoms with E-state index in [0.717, 1.165) is 43.2 Å². The monoisotopic (exact) mass is 392 g/mol. The van der Waals surface area contributed by atoms with Gasteiger partial charge in [-0.25, -0.2) is 0 Å². The number of nitrogens with two attached hydrogens (primary N) is 1. The van der Waals surface area contributed by atoms with Gasteiger partial charge in [-0.15, -0.1) is 12.4 Å². The van der Waals surface area contributed by atoms with Crippen molar-refractivity contribution in [2.75, 3.05) is 19.6 Å². The number of ether oxygens (including phenoxy) is 1. The number of hydrogen-bond acceptors (Lipinski definition) is 4. The second-order valence-corrected chi connectivity index (χ2v) is 6.67. The molecule has 2 aliphatic heterocycles. The van der Waals surface area contributed by atoms with Gasteiger partial charge in [0.25, 0.3) is 5.91 Å². The highest BCUT2D eigenvalue weighted by molar-refractivity contribution is 9.10. The maximum absolute atomic E-state index is 12.4. The molecular formula is C14H22BrClN4O2. The fourth-order valence-electron chi connectivity index (χ4n) is 3.13. The molecule has 3 heterocycles. The van der Waals surface area contributed by atoms with Gasteiger partial charge in [0, 0.05) is 25.8 Å². The molecule has 1 aromatic rings. The van der Waals surface area contributed by atoms with Crippen molar-refractivity contribution in [2.24, 2.45) is 5.73 Å². The standard InChI is InChI=1S/C14H21BrN4O2.ClH/c15-10-8-17-19(9-10)11-3-5-18(6-4-11)14(20)13-2-1-12(7-16)21-13;/h8-9,11-13H,1-7,16H2;1H/t12-,13+;/m1./s1. The maximum Gasteiger partial charge on any atom is 0.251 e. The van der Waals surface area contributed by atoms with Gasteiger partial charge in [-0.1, -0.05) is 0 Å². The molecule has 2 N–H and O–H groups in total. The normalized spacial score (nSPS) is 26.0. The topological polar surface area (TPSA) is 73.4 Å². The van der Waals surface area contributed by atoms with Crippen molar-refractivity contribution in [3.63, 3.8) is 0 Å². The Kier molecular flexibility index (Phi) is 6.26. The van der Waals surface area contributed by atoms with E-state index < -0.39 is 0 Å². The Bertz CT molecular complexity index is 505. The van der Waals surface area contributed by atoms with Gasteiger partial charge in [0.05, 0.1) is 22.8 Å². The Morgan fingerprint density at radius 1 is 1.36 bits per heavy atom. The van der Waals surface area contributed by atoms with Crippen LogP contribution in [0.3, 0.4) is 0 Å². The smallest absolute Gasteiger partial charge is 0.251 e. The number of nitrogens with zero attached hydrogens (tertiary/aromatic N) is 3. The van der Waals surface area contributed by atoms with E-state index in [0.29, 0.717) is 12.6 Å². The summed E-state index contributed by atoms with van der Waals surface area (Å²) in [6.07, 6.45) is 7.13. The van der Waals surface area contributed by atoms with E-state index in [2.05, 4.69) is 21.0 Å². The van der Waals surface area contributed by atoms with E-state index in [4.69, 9.17) is 10.5 Å². The molecule has 22 heavy (non-hydrogen) atoms. The highest BCUT2D eigenvalue weighted by atomic mass is 79.9. The number of halogens is 2. The van der Waals surface area contributed by atoms with Gasteiger partial charge in [-0.3, -0.25) is 9.48 Å². The second kappa shape index (κ2) is 7.77. The van der Waals surface area contributed by atoms with Crippen LogP contribution in [0.1, 0.15) is 31.7 Å². The first kappa shape index (κ1) is 17.7. The van der Waals surface area contributed by atoms with E-state index in [9.17, 15) is 4.79 Å². The minimum absolute atomic E-state index is 0.